The van der Waals surface area contributed by atoms with E-state index in [1.807, 2.05) is 50.3 Å². The predicted molar refractivity (Wildman–Crippen MR) is 98.6 cm³/mol. The molecule has 0 bridgehead atoms. The summed E-state index contributed by atoms with van der Waals surface area (Å²) >= 11 is 1.41. The number of carbonyl (C=O) groups is 2. The van der Waals surface area contributed by atoms with Crippen molar-refractivity contribution in [3.8, 4) is 11.3 Å². The molecule has 130 valence electrons. The van der Waals surface area contributed by atoms with Crippen molar-refractivity contribution in [2.24, 2.45) is 11.8 Å². The number of carboxylic acid groups (broad SMARTS) is 1. The summed E-state index contributed by atoms with van der Waals surface area (Å²) in [6.07, 6.45) is 4.52. The zero-order valence-electron chi connectivity index (χ0n) is 14.2. The first-order valence-corrected chi connectivity index (χ1v) is 9.00. The molecule has 0 saturated heterocycles. The third-order valence-electron chi connectivity index (χ3n) is 4.44. The minimum Gasteiger partial charge on any atom is -0.481 e. The number of aromatic nitrogens is 1. The number of nitrogens with one attached hydrogen (secondary N) is 1. The van der Waals surface area contributed by atoms with Crippen LogP contribution < -0.4 is 5.32 Å². The molecule has 2 N–H and O–H groups in total. The molecule has 0 saturated carbocycles. The molecule has 25 heavy (non-hydrogen) atoms. The first-order valence-electron chi connectivity index (χ1n) is 8.19. The largest absolute Gasteiger partial charge is 0.481 e. The molecule has 3 rings (SSSR count). The molecule has 0 spiro atoms. The van der Waals surface area contributed by atoms with Gasteiger partial charge in [0.2, 0.25) is 5.91 Å². The normalized spacial score (nSPS) is 19.6. The number of amides is 1. The molecule has 6 heteroatoms. The highest BCUT2D eigenvalue weighted by Crippen LogP contribution is 2.32. The summed E-state index contributed by atoms with van der Waals surface area (Å²) in [6, 6.07) is 8.07. The zero-order valence-corrected chi connectivity index (χ0v) is 15.0. The smallest absolute Gasteiger partial charge is 0.307 e. The van der Waals surface area contributed by atoms with E-state index in [1.54, 1.807) is 0 Å². The number of hydrogen-bond acceptors (Lipinski definition) is 4. The fourth-order valence-electron chi connectivity index (χ4n) is 3.00. The van der Waals surface area contributed by atoms with Gasteiger partial charge < -0.3 is 10.4 Å². The van der Waals surface area contributed by atoms with Gasteiger partial charge in [0.25, 0.3) is 0 Å². The molecule has 1 amide bonds. The SMILES string of the molecule is Cc1ccc(-c2nc(NC(=O)[C@H]3CC=CC[C@@H]3C(=O)O)sc2C)cc1. The number of aryl methyl sites for hydroxylation is 2. The Hall–Kier alpha value is -2.47. The number of carboxylic acids is 1. The molecule has 1 aliphatic carbocycles. The van der Waals surface area contributed by atoms with Gasteiger partial charge in [0.15, 0.2) is 5.13 Å². The van der Waals surface area contributed by atoms with Crippen LogP contribution in [-0.2, 0) is 9.59 Å². The lowest BCUT2D eigenvalue weighted by Gasteiger charge is -2.23. The lowest BCUT2D eigenvalue weighted by molar-refractivity contribution is -0.146. The van der Waals surface area contributed by atoms with Crippen molar-refractivity contribution in [3.63, 3.8) is 0 Å². The van der Waals surface area contributed by atoms with Crippen molar-refractivity contribution >= 4 is 28.3 Å². The number of carbonyl (C=O) groups excluding carboxylic acids is 1. The van der Waals surface area contributed by atoms with E-state index in [-0.39, 0.29) is 5.91 Å². The van der Waals surface area contributed by atoms with Crippen LogP contribution in [0.2, 0.25) is 0 Å². The van der Waals surface area contributed by atoms with Crippen LogP contribution in [0.25, 0.3) is 11.3 Å². The van der Waals surface area contributed by atoms with E-state index in [2.05, 4.69) is 10.3 Å². The molecular formula is C19H20N2O3S. The molecule has 0 fully saturated rings. The standard InChI is InChI=1S/C19H20N2O3S/c1-11-7-9-13(10-8-11)16-12(2)25-19(20-16)21-17(22)14-5-3-4-6-15(14)18(23)24/h3-4,7-10,14-15H,5-6H2,1-2H3,(H,23,24)(H,20,21,22)/t14-,15-/m0/s1. The Morgan fingerprint density at radius 3 is 2.40 bits per heavy atom. The Morgan fingerprint density at radius 2 is 1.76 bits per heavy atom. The summed E-state index contributed by atoms with van der Waals surface area (Å²) in [7, 11) is 0. The third kappa shape index (κ3) is 3.79. The molecule has 1 aromatic carbocycles. The van der Waals surface area contributed by atoms with Crippen molar-refractivity contribution in [2.45, 2.75) is 26.7 Å². The average Bonchev–Trinajstić information content (AvgIpc) is 2.95. The summed E-state index contributed by atoms with van der Waals surface area (Å²) in [5.74, 6) is -2.45. The highest BCUT2D eigenvalue weighted by molar-refractivity contribution is 7.16. The molecule has 1 heterocycles. The quantitative estimate of drug-likeness (QED) is 0.811. The third-order valence-corrected chi connectivity index (χ3v) is 5.32. The van der Waals surface area contributed by atoms with Gasteiger partial charge in [-0.1, -0.05) is 42.0 Å². The highest BCUT2D eigenvalue weighted by atomic mass is 32.1. The molecule has 1 aromatic heterocycles. The van der Waals surface area contributed by atoms with Gasteiger partial charge in [-0.3, -0.25) is 9.59 Å². The molecule has 2 aromatic rings. The number of benzene rings is 1. The van der Waals surface area contributed by atoms with Crippen LogP contribution in [0.1, 0.15) is 23.3 Å². The van der Waals surface area contributed by atoms with Gasteiger partial charge >= 0.3 is 5.97 Å². The molecule has 1 aliphatic rings. The van der Waals surface area contributed by atoms with Crippen LogP contribution in [0.15, 0.2) is 36.4 Å². The molecule has 0 unspecified atom stereocenters. The number of nitrogens with zero attached hydrogens (tertiary/aromatic N) is 1. The van der Waals surface area contributed by atoms with Gasteiger partial charge in [-0.05, 0) is 26.7 Å². The molecule has 0 radical (unpaired) electrons. The average molecular weight is 356 g/mol. The predicted octanol–water partition coefficient (Wildman–Crippen LogP) is 4.03. The van der Waals surface area contributed by atoms with E-state index in [0.717, 1.165) is 16.1 Å². The highest BCUT2D eigenvalue weighted by Gasteiger charge is 2.34. The first-order chi connectivity index (χ1) is 12.0. The molecular weight excluding hydrogens is 336 g/mol. The van der Waals surface area contributed by atoms with Crippen LogP contribution in [-0.4, -0.2) is 22.0 Å². The summed E-state index contributed by atoms with van der Waals surface area (Å²) in [5.41, 5.74) is 3.03. The van der Waals surface area contributed by atoms with Crippen LogP contribution in [0.3, 0.4) is 0 Å². The topological polar surface area (TPSA) is 79.3 Å². The summed E-state index contributed by atoms with van der Waals surface area (Å²) < 4.78 is 0. The minimum atomic E-state index is -0.930. The van der Waals surface area contributed by atoms with Gasteiger partial charge in [0, 0.05) is 10.4 Å². The number of allylic oxidation sites excluding steroid dienone is 2. The lowest BCUT2D eigenvalue weighted by Crippen LogP contribution is -2.34. The Morgan fingerprint density at radius 1 is 1.12 bits per heavy atom. The van der Waals surface area contributed by atoms with E-state index in [0.29, 0.717) is 18.0 Å². The molecule has 0 aliphatic heterocycles. The van der Waals surface area contributed by atoms with Crippen molar-refractivity contribution in [1.82, 2.24) is 4.98 Å². The summed E-state index contributed by atoms with van der Waals surface area (Å²) in [5, 5.41) is 12.6. The van der Waals surface area contributed by atoms with Gasteiger partial charge in [0.1, 0.15) is 0 Å². The van der Waals surface area contributed by atoms with Crippen LogP contribution in [0.4, 0.5) is 5.13 Å². The monoisotopic (exact) mass is 356 g/mol. The van der Waals surface area contributed by atoms with Crippen molar-refractivity contribution < 1.29 is 14.7 Å². The fraction of sp³-hybridized carbons (Fsp3) is 0.316. The van der Waals surface area contributed by atoms with Crippen LogP contribution >= 0.6 is 11.3 Å². The number of anilines is 1. The van der Waals surface area contributed by atoms with E-state index in [9.17, 15) is 14.7 Å². The zero-order chi connectivity index (χ0) is 18.0. The van der Waals surface area contributed by atoms with Crippen molar-refractivity contribution in [2.75, 3.05) is 5.32 Å². The second-order valence-electron chi connectivity index (χ2n) is 6.27. The molecule has 2 atom stereocenters. The van der Waals surface area contributed by atoms with Gasteiger partial charge in [-0.2, -0.15) is 0 Å². The summed E-state index contributed by atoms with van der Waals surface area (Å²) in [6.45, 7) is 3.99. The lowest BCUT2D eigenvalue weighted by atomic mass is 9.82. The van der Waals surface area contributed by atoms with E-state index >= 15 is 0 Å². The van der Waals surface area contributed by atoms with Crippen LogP contribution in [0.5, 0.6) is 0 Å². The maximum absolute atomic E-state index is 12.5. The minimum absolute atomic E-state index is 0.277. The van der Waals surface area contributed by atoms with Gasteiger partial charge in [0.05, 0.1) is 17.5 Å². The Balaban J connectivity index is 1.78. The number of aliphatic carboxylic acids is 1. The van der Waals surface area contributed by atoms with E-state index in [4.69, 9.17) is 0 Å². The Labute approximate surface area is 150 Å². The Kier molecular flexibility index (Phi) is 4.99. The van der Waals surface area contributed by atoms with Crippen molar-refractivity contribution in [3.05, 3.63) is 46.9 Å². The second-order valence-corrected chi connectivity index (χ2v) is 7.48. The fourth-order valence-corrected chi connectivity index (χ4v) is 3.84. The maximum Gasteiger partial charge on any atom is 0.307 e. The Bertz CT molecular complexity index is 824. The number of rotatable bonds is 4. The number of hydrogen-bond donors (Lipinski definition) is 2. The van der Waals surface area contributed by atoms with Gasteiger partial charge in [-0.25, -0.2) is 4.98 Å². The molecule has 5 nitrogen and oxygen atoms in total. The maximum atomic E-state index is 12.5. The number of thiazole rings is 1. The van der Waals surface area contributed by atoms with E-state index < -0.39 is 17.8 Å². The van der Waals surface area contributed by atoms with E-state index in [1.165, 1.54) is 16.9 Å². The van der Waals surface area contributed by atoms with Gasteiger partial charge in [-0.15, -0.1) is 11.3 Å². The summed E-state index contributed by atoms with van der Waals surface area (Å²) in [4.78, 5) is 29.5. The van der Waals surface area contributed by atoms with Crippen molar-refractivity contribution in [1.29, 1.82) is 0 Å². The first kappa shape index (κ1) is 17.4. The van der Waals surface area contributed by atoms with Crippen LogP contribution in [0, 0.1) is 25.7 Å². The second kappa shape index (κ2) is 7.19.